The van der Waals surface area contributed by atoms with E-state index in [1.807, 2.05) is 42.5 Å². The summed E-state index contributed by atoms with van der Waals surface area (Å²) in [7, 11) is 0. The molecule has 122 valence electrons. The fraction of sp³-hybridized carbons (Fsp3) is 0.167. The number of thioether (sulfide) groups is 1. The number of carbonyl (C=O) groups excluding carboxylic acids is 1. The van der Waals surface area contributed by atoms with Crippen LogP contribution in [0.3, 0.4) is 0 Å². The number of carbonyl (C=O) groups is 1. The second-order valence-corrected chi connectivity index (χ2v) is 6.37. The van der Waals surface area contributed by atoms with Crippen molar-refractivity contribution in [2.24, 2.45) is 0 Å². The number of rotatable bonds is 7. The van der Waals surface area contributed by atoms with E-state index >= 15 is 0 Å². The van der Waals surface area contributed by atoms with Crippen molar-refractivity contribution in [2.45, 2.75) is 17.9 Å². The third-order valence-electron chi connectivity index (χ3n) is 3.42. The highest BCUT2D eigenvalue weighted by atomic mass is 32.2. The maximum absolute atomic E-state index is 12.0. The lowest BCUT2D eigenvalue weighted by Crippen LogP contribution is -2.23. The largest absolute Gasteiger partial charge is 0.352 e. The van der Waals surface area contributed by atoms with E-state index in [1.165, 1.54) is 11.2 Å². The first kappa shape index (κ1) is 16.3. The Balaban J connectivity index is 1.45. The van der Waals surface area contributed by atoms with Crippen LogP contribution in [0.1, 0.15) is 12.0 Å². The van der Waals surface area contributed by atoms with Gasteiger partial charge in [-0.15, -0.1) is 11.8 Å². The minimum absolute atomic E-state index is 0.0598. The lowest BCUT2D eigenvalue weighted by Gasteiger charge is -2.07. The number of benzene rings is 2. The molecule has 0 aliphatic heterocycles. The minimum Gasteiger partial charge on any atom is -0.352 e. The SMILES string of the molecule is O=C(CCSc1ccccc1)NCc1cccc(-n2cncn2)c1. The van der Waals surface area contributed by atoms with Gasteiger partial charge in [-0.05, 0) is 29.8 Å². The van der Waals surface area contributed by atoms with E-state index in [4.69, 9.17) is 0 Å². The quantitative estimate of drug-likeness (QED) is 0.673. The molecule has 2 aromatic carbocycles. The van der Waals surface area contributed by atoms with Gasteiger partial charge in [-0.3, -0.25) is 4.79 Å². The molecule has 5 nitrogen and oxygen atoms in total. The molecule has 0 bridgehead atoms. The van der Waals surface area contributed by atoms with Crippen molar-refractivity contribution in [1.29, 1.82) is 0 Å². The van der Waals surface area contributed by atoms with Gasteiger partial charge in [-0.1, -0.05) is 30.3 Å². The molecule has 1 amide bonds. The molecule has 0 fully saturated rings. The van der Waals surface area contributed by atoms with Gasteiger partial charge < -0.3 is 5.32 Å². The van der Waals surface area contributed by atoms with Gasteiger partial charge in [0, 0.05) is 23.6 Å². The third-order valence-corrected chi connectivity index (χ3v) is 4.44. The predicted octanol–water partition coefficient (Wildman–Crippen LogP) is 3.07. The summed E-state index contributed by atoms with van der Waals surface area (Å²) in [6, 6.07) is 18.0. The summed E-state index contributed by atoms with van der Waals surface area (Å²) in [6.45, 7) is 0.511. The monoisotopic (exact) mass is 338 g/mol. The minimum atomic E-state index is 0.0598. The first-order valence-corrected chi connectivity index (χ1v) is 8.68. The third kappa shape index (κ3) is 4.70. The van der Waals surface area contributed by atoms with E-state index in [1.54, 1.807) is 22.8 Å². The molecule has 1 heterocycles. The highest BCUT2D eigenvalue weighted by Crippen LogP contribution is 2.17. The number of nitrogens with one attached hydrogen (secondary N) is 1. The summed E-state index contributed by atoms with van der Waals surface area (Å²) in [5.74, 6) is 0.832. The lowest BCUT2D eigenvalue weighted by atomic mass is 10.2. The first-order chi connectivity index (χ1) is 11.8. The topological polar surface area (TPSA) is 59.8 Å². The van der Waals surface area contributed by atoms with Crippen molar-refractivity contribution in [3.05, 3.63) is 72.8 Å². The lowest BCUT2D eigenvalue weighted by molar-refractivity contribution is -0.120. The number of amides is 1. The van der Waals surface area contributed by atoms with E-state index in [9.17, 15) is 4.79 Å². The molecule has 0 saturated heterocycles. The standard InChI is InChI=1S/C18H18N4OS/c23-18(9-10-24-17-7-2-1-3-8-17)20-12-15-5-4-6-16(11-15)22-14-19-13-21-22/h1-8,11,13-14H,9-10,12H2,(H,20,23). The Hall–Kier alpha value is -2.60. The summed E-state index contributed by atoms with van der Waals surface area (Å²) in [6.07, 6.45) is 3.65. The Kier molecular flexibility index (Phi) is 5.63. The molecule has 3 aromatic rings. The molecular weight excluding hydrogens is 320 g/mol. The van der Waals surface area contributed by atoms with Crippen LogP contribution < -0.4 is 5.32 Å². The Morgan fingerprint density at radius 3 is 2.79 bits per heavy atom. The average molecular weight is 338 g/mol. The van der Waals surface area contributed by atoms with Crippen molar-refractivity contribution in [2.75, 3.05) is 5.75 Å². The summed E-state index contributed by atoms with van der Waals surface area (Å²) >= 11 is 1.69. The van der Waals surface area contributed by atoms with Gasteiger partial charge in [-0.2, -0.15) is 5.10 Å². The fourth-order valence-electron chi connectivity index (χ4n) is 2.22. The average Bonchev–Trinajstić information content (AvgIpc) is 3.16. The zero-order valence-corrected chi connectivity index (χ0v) is 13.9. The molecule has 24 heavy (non-hydrogen) atoms. The molecule has 0 saturated carbocycles. The fourth-order valence-corrected chi connectivity index (χ4v) is 3.09. The number of nitrogens with zero attached hydrogens (tertiary/aromatic N) is 3. The maximum Gasteiger partial charge on any atom is 0.221 e. The van der Waals surface area contributed by atoms with Gasteiger partial charge in [0.1, 0.15) is 12.7 Å². The molecule has 0 spiro atoms. The van der Waals surface area contributed by atoms with Gasteiger partial charge >= 0.3 is 0 Å². The van der Waals surface area contributed by atoms with Gasteiger partial charge in [0.2, 0.25) is 5.91 Å². The summed E-state index contributed by atoms with van der Waals surface area (Å²) in [5.41, 5.74) is 1.96. The Bertz CT molecular complexity index is 775. The van der Waals surface area contributed by atoms with Gasteiger partial charge in [-0.25, -0.2) is 9.67 Å². The molecule has 1 N–H and O–H groups in total. The highest BCUT2D eigenvalue weighted by molar-refractivity contribution is 7.99. The molecular formula is C18H18N4OS. The van der Waals surface area contributed by atoms with E-state index < -0.39 is 0 Å². The van der Waals surface area contributed by atoms with Crippen molar-refractivity contribution in [1.82, 2.24) is 20.1 Å². The van der Waals surface area contributed by atoms with Crippen LogP contribution in [0.15, 0.2) is 72.1 Å². The van der Waals surface area contributed by atoms with Crippen LogP contribution in [0.2, 0.25) is 0 Å². The van der Waals surface area contributed by atoms with E-state index in [2.05, 4.69) is 27.5 Å². The van der Waals surface area contributed by atoms with Crippen LogP contribution in [0.5, 0.6) is 0 Å². The van der Waals surface area contributed by atoms with E-state index in [-0.39, 0.29) is 5.91 Å². The van der Waals surface area contributed by atoms with Gasteiger partial charge in [0.25, 0.3) is 0 Å². The number of hydrogen-bond donors (Lipinski definition) is 1. The Morgan fingerprint density at radius 2 is 2.00 bits per heavy atom. The van der Waals surface area contributed by atoms with E-state index in [0.29, 0.717) is 13.0 Å². The van der Waals surface area contributed by atoms with Crippen molar-refractivity contribution in [3.63, 3.8) is 0 Å². The highest BCUT2D eigenvalue weighted by Gasteiger charge is 2.04. The van der Waals surface area contributed by atoms with Crippen molar-refractivity contribution >= 4 is 17.7 Å². The molecule has 0 aliphatic rings. The van der Waals surface area contributed by atoms with Crippen LogP contribution in [-0.4, -0.2) is 26.4 Å². The second kappa shape index (κ2) is 8.31. The van der Waals surface area contributed by atoms with Gasteiger partial charge in [0.15, 0.2) is 0 Å². The maximum atomic E-state index is 12.0. The Labute approximate surface area is 145 Å². The molecule has 0 unspecified atom stereocenters. The van der Waals surface area contributed by atoms with Crippen LogP contribution >= 0.6 is 11.8 Å². The smallest absolute Gasteiger partial charge is 0.221 e. The number of aromatic nitrogens is 3. The molecule has 0 atom stereocenters. The molecule has 3 rings (SSSR count). The van der Waals surface area contributed by atoms with Crippen LogP contribution in [0.4, 0.5) is 0 Å². The van der Waals surface area contributed by atoms with Crippen LogP contribution in [-0.2, 0) is 11.3 Å². The summed E-state index contributed by atoms with van der Waals surface area (Å²) in [4.78, 5) is 17.1. The van der Waals surface area contributed by atoms with E-state index in [0.717, 1.165) is 17.0 Å². The normalized spacial score (nSPS) is 10.5. The van der Waals surface area contributed by atoms with Crippen LogP contribution in [0, 0.1) is 0 Å². The van der Waals surface area contributed by atoms with Crippen LogP contribution in [0.25, 0.3) is 5.69 Å². The summed E-state index contributed by atoms with van der Waals surface area (Å²) in [5, 5.41) is 7.07. The van der Waals surface area contributed by atoms with Crippen molar-refractivity contribution < 1.29 is 4.79 Å². The number of hydrogen-bond acceptors (Lipinski definition) is 4. The van der Waals surface area contributed by atoms with Gasteiger partial charge in [0.05, 0.1) is 5.69 Å². The zero-order valence-electron chi connectivity index (χ0n) is 13.1. The molecule has 1 aromatic heterocycles. The molecule has 0 radical (unpaired) electrons. The predicted molar refractivity (Wildman–Crippen MR) is 95.0 cm³/mol. The van der Waals surface area contributed by atoms with Crippen molar-refractivity contribution in [3.8, 4) is 5.69 Å². The first-order valence-electron chi connectivity index (χ1n) is 7.70. The molecule has 0 aliphatic carbocycles. The second-order valence-electron chi connectivity index (χ2n) is 5.20. The summed E-state index contributed by atoms with van der Waals surface area (Å²) < 4.78 is 1.70. The Morgan fingerprint density at radius 1 is 1.12 bits per heavy atom. The molecule has 6 heteroatoms. The zero-order chi connectivity index (χ0) is 16.6.